The second kappa shape index (κ2) is 4.66. The van der Waals surface area contributed by atoms with Crippen LogP contribution in [0.1, 0.15) is 41.5 Å². The first-order valence-corrected chi connectivity index (χ1v) is 5.95. The van der Waals surface area contributed by atoms with Gasteiger partial charge in [-0.2, -0.15) is 0 Å². The molecule has 0 rings (SSSR count). The summed E-state index contributed by atoms with van der Waals surface area (Å²) in [7, 11) is 0. The summed E-state index contributed by atoms with van der Waals surface area (Å²) in [6.07, 6.45) is 0. The predicted molar refractivity (Wildman–Crippen MR) is 59.5 cm³/mol. The summed E-state index contributed by atoms with van der Waals surface area (Å²) >= 11 is 4.10. The van der Waals surface area contributed by atoms with E-state index in [9.17, 15) is 0 Å². The van der Waals surface area contributed by atoms with Gasteiger partial charge in [-0.3, -0.25) is 0 Å². The van der Waals surface area contributed by atoms with Crippen molar-refractivity contribution >= 4 is 23.5 Å². The summed E-state index contributed by atoms with van der Waals surface area (Å²) in [6, 6.07) is 0. The van der Waals surface area contributed by atoms with Gasteiger partial charge in [0.1, 0.15) is 0 Å². The molecule has 0 aliphatic carbocycles. The Morgan fingerprint density at radius 3 is 1.27 bits per heavy atom. The molecule has 0 fully saturated rings. The largest absolute Gasteiger partial charge is 0.142 e. The van der Waals surface area contributed by atoms with Crippen molar-refractivity contribution in [2.75, 3.05) is 0 Å². The van der Waals surface area contributed by atoms with Crippen molar-refractivity contribution in [3.05, 3.63) is 0 Å². The second-order valence-electron chi connectivity index (χ2n) is 3.73. The zero-order valence-electron chi connectivity index (χ0n) is 8.47. The van der Waals surface area contributed by atoms with Crippen LogP contribution in [-0.4, -0.2) is 14.6 Å². The minimum atomic E-state index is 0.377. The Bertz CT molecular complexity index is 94.1. The Morgan fingerprint density at radius 1 is 0.818 bits per heavy atom. The highest BCUT2D eigenvalue weighted by atomic mass is 32.2. The molecule has 0 saturated heterocycles. The van der Waals surface area contributed by atoms with Gasteiger partial charge in [0.25, 0.3) is 0 Å². The first-order chi connectivity index (χ1) is 4.83. The number of rotatable bonds is 4. The molecule has 0 nitrogen and oxygen atoms in total. The smallest absolute Gasteiger partial charge is 0.0560 e. The zero-order valence-corrected chi connectivity index (χ0v) is 10.1. The Hall–Kier alpha value is 0.700. The fraction of sp³-hybridized carbons (Fsp3) is 1.00. The van der Waals surface area contributed by atoms with Crippen LogP contribution < -0.4 is 0 Å². The van der Waals surface area contributed by atoms with E-state index >= 15 is 0 Å². The molecule has 0 aliphatic rings. The molecule has 0 aromatic rings. The average Bonchev–Trinajstić information content (AvgIpc) is 1.53. The third-order valence-corrected chi connectivity index (χ3v) is 3.69. The standard InChI is InChI=1S/C9H20S2/c1-7(2)10-9(5,6)11-8(3)4/h7-8H,1-6H3. The molecule has 11 heavy (non-hydrogen) atoms. The van der Waals surface area contributed by atoms with Crippen molar-refractivity contribution in [2.45, 2.75) is 56.1 Å². The van der Waals surface area contributed by atoms with Gasteiger partial charge < -0.3 is 0 Å². The van der Waals surface area contributed by atoms with Gasteiger partial charge in [-0.1, -0.05) is 27.7 Å². The zero-order chi connectivity index (χ0) is 9.07. The first kappa shape index (κ1) is 11.7. The molecule has 68 valence electrons. The van der Waals surface area contributed by atoms with Gasteiger partial charge in [0.2, 0.25) is 0 Å². The summed E-state index contributed by atoms with van der Waals surface area (Å²) in [5, 5.41) is 1.47. The predicted octanol–water partition coefficient (Wildman–Crippen LogP) is 4.01. The highest BCUT2D eigenvalue weighted by Gasteiger charge is 2.21. The third-order valence-electron chi connectivity index (χ3n) is 1.04. The van der Waals surface area contributed by atoms with Crippen LogP contribution in [0, 0.1) is 0 Å². The van der Waals surface area contributed by atoms with Gasteiger partial charge in [-0.25, -0.2) is 0 Å². The van der Waals surface area contributed by atoms with E-state index in [-0.39, 0.29) is 0 Å². The quantitative estimate of drug-likeness (QED) is 0.617. The fourth-order valence-corrected chi connectivity index (χ4v) is 4.81. The molecule has 0 aliphatic heterocycles. The SMILES string of the molecule is CC(C)SC(C)(C)SC(C)C. The van der Waals surface area contributed by atoms with Crippen LogP contribution in [0.3, 0.4) is 0 Å². The minimum absolute atomic E-state index is 0.377. The van der Waals surface area contributed by atoms with Crippen LogP contribution >= 0.6 is 23.5 Å². The molecular formula is C9H20S2. The van der Waals surface area contributed by atoms with E-state index in [0.717, 1.165) is 10.5 Å². The summed E-state index contributed by atoms with van der Waals surface area (Å²) in [4.78, 5) is 0. The van der Waals surface area contributed by atoms with Crippen LogP contribution in [0.15, 0.2) is 0 Å². The van der Waals surface area contributed by atoms with E-state index < -0.39 is 0 Å². The summed E-state index contributed by atoms with van der Waals surface area (Å²) in [5.41, 5.74) is 0. The number of hydrogen-bond acceptors (Lipinski definition) is 2. The van der Waals surface area contributed by atoms with Crippen LogP contribution in [-0.2, 0) is 0 Å². The molecule has 2 heteroatoms. The normalized spacial score (nSPS) is 13.1. The van der Waals surface area contributed by atoms with Crippen molar-refractivity contribution in [3.8, 4) is 0 Å². The Kier molecular flexibility index (Phi) is 4.96. The average molecular weight is 192 g/mol. The van der Waals surface area contributed by atoms with Crippen LogP contribution in [0.4, 0.5) is 0 Å². The van der Waals surface area contributed by atoms with Gasteiger partial charge in [0, 0.05) is 10.5 Å². The highest BCUT2D eigenvalue weighted by Crippen LogP contribution is 2.40. The van der Waals surface area contributed by atoms with Crippen LogP contribution in [0.2, 0.25) is 0 Å². The maximum Gasteiger partial charge on any atom is 0.0560 e. The van der Waals surface area contributed by atoms with E-state index in [1.54, 1.807) is 0 Å². The topological polar surface area (TPSA) is 0 Å². The van der Waals surface area contributed by atoms with E-state index in [4.69, 9.17) is 0 Å². The molecule has 0 atom stereocenters. The third kappa shape index (κ3) is 7.07. The second-order valence-corrected chi connectivity index (χ2v) is 8.39. The van der Waals surface area contributed by atoms with Gasteiger partial charge in [0.15, 0.2) is 0 Å². The fourth-order valence-electron chi connectivity index (χ4n) is 1.16. The summed E-state index contributed by atoms with van der Waals surface area (Å²) < 4.78 is 0.377. The molecule has 0 heterocycles. The Balaban J connectivity index is 3.79. The van der Waals surface area contributed by atoms with Gasteiger partial charge >= 0.3 is 0 Å². The molecule has 0 saturated carbocycles. The molecule has 0 aromatic heterocycles. The minimum Gasteiger partial charge on any atom is -0.142 e. The van der Waals surface area contributed by atoms with Gasteiger partial charge in [-0.15, -0.1) is 23.5 Å². The Morgan fingerprint density at radius 2 is 1.09 bits per heavy atom. The van der Waals surface area contributed by atoms with Crippen molar-refractivity contribution < 1.29 is 0 Å². The van der Waals surface area contributed by atoms with Gasteiger partial charge in [0.05, 0.1) is 4.08 Å². The molecule has 0 aromatic carbocycles. The number of thioether (sulfide) groups is 2. The van der Waals surface area contributed by atoms with E-state index in [1.807, 2.05) is 23.5 Å². The lowest BCUT2D eigenvalue weighted by molar-refractivity contribution is 0.973. The molecule has 0 N–H and O–H groups in total. The highest BCUT2D eigenvalue weighted by molar-refractivity contribution is 8.18. The first-order valence-electron chi connectivity index (χ1n) is 4.19. The van der Waals surface area contributed by atoms with Crippen molar-refractivity contribution in [1.29, 1.82) is 0 Å². The monoisotopic (exact) mass is 192 g/mol. The molecule has 0 spiro atoms. The molecule has 0 amide bonds. The van der Waals surface area contributed by atoms with Crippen molar-refractivity contribution in [2.24, 2.45) is 0 Å². The van der Waals surface area contributed by atoms with E-state index in [0.29, 0.717) is 4.08 Å². The van der Waals surface area contributed by atoms with Gasteiger partial charge in [-0.05, 0) is 13.8 Å². The maximum absolute atomic E-state index is 2.31. The van der Waals surface area contributed by atoms with E-state index in [2.05, 4.69) is 41.5 Å². The van der Waals surface area contributed by atoms with E-state index in [1.165, 1.54) is 0 Å². The maximum atomic E-state index is 2.31. The molecule has 0 unspecified atom stereocenters. The molecular weight excluding hydrogens is 172 g/mol. The number of hydrogen-bond donors (Lipinski definition) is 0. The van der Waals surface area contributed by atoms with Crippen LogP contribution in [0.5, 0.6) is 0 Å². The molecule has 0 radical (unpaired) electrons. The Labute approximate surface area is 79.9 Å². The summed E-state index contributed by atoms with van der Waals surface area (Å²) in [6.45, 7) is 13.6. The van der Waals surface area contributed by atoms with Crippen molar-refractivity contribution in [3.63, 3.8) is 0 Å². The van der Waals surface area contributed by atoms with Crippen LogP contribution in [0.25, 0.3) is 0 Å². The lowest BCUT2D eigenvalue weighted by atomic mass is 10.5. The lowest BCUT2D eigenvalue weighted by Crippen LogP contribution is -2.15. The molecule has 0 bridgehead atoms. The van der Waals surface area contributed by atoms with Crippen molar-refractivity contribution in [1.82, 2.24) is 0 Å². The summed E-state index contributed by atoms with van der Waals surface area (Å²) in [5.74, 6) is 0. The lowest BCUT2D eigenvalue weighted by Gasteiger charge is -2.27.